The van der Waals surface area contributed by atoms with Gasteiger partial charge in [0.05, 0.1) is 0 Å². The molecule has 4 nitrogen and oxygen atoms in total. The number of likely N-dealkylation sites (tertiary alicyclic amines) is 1. The summed E-state index contributed by atoms with van der Waals surface area (Å²) in [6.45, 7) is 3.14. The Morgan fingerprint density at radius 3 is 2.79 bits per heavy atom. The summed E-state index contributed by atoms with van der Waals surface area (Å²) in [5.74, 6) is 1.45. The molecule has 1 N–H and O–H groups in total. The molecule has 2 fully saturated rings. The molecule has 0 unspecified atom stereocenters. The maximum Gasteiger partial charge on any atom is 0.220 e. The van der Waals surface area contributed by atoms with Crippen LogP contribution >= 0.6 is 11.3 Å². The van der Waals surface area contributed by atoms with Crippen molar-refractivity contribution in [2.45, 2.75) is 62.6 Å². The number of thiophene rings is 1. The fourth-order valence-corrected chi connectivity index (χ4v) is 5.39. The summed E-state index contributed by atoms with van der Waals surface area (Å²) in [4.78, 5) is 15.0. The number of hydrogen-bond donors (Lipinski definition) is 1. The van der Waals surface area contributed by atoms with Crippen LogP contribution in [0.5, 0.6) is 5.75 Å². The lowest BCUT2D eigenvalue weighted by atomic mass is 9.76. The van der Waals surface area contributed by atoms with Crippen molar-refractivity contribution in [1.29, 1.82) is 0 Å². The van der Waals surface area contributed by atoms with Crippen molar-refractivity contribution in [2.75, 3.05) is 13.1 Å². The highest BCUT2D eigenvalue weighted by Gasteiger charge is 2.43. The number of ether oxygens (including phenoxy) is 1. The van der Waals surface area contributed by atoms with Crippen molar-refractivity contribution in [3.05, 3.63) is 52.2 Å². The van der Waals surface area contributed by atoms with Crippen molar-refractivity contribution >= 4 is 17.2 Å². The van der Waals surface area contributed by atoms with Crippen LogP contribution in [-0.2, 0) is 11.3 Å². The van der Waals surface area contributed by atoms with Crippen LogP contribution in [0.25, 0.3) is 0 Å². The number of hydrogen-bond acceptors (Lipinski definition) is 4. The molecular weight excluding hydrogens is 368 g/mol. The Balaban J connectivity index is 1.28. The Hall–Kier alpha value is -1.85. The highest BCUT2D eigenvalue weighted by molar-refractivity contribution is 7.07. The first-order valence-corrected chi connectivity index (χ1v) is 11.4. The molecule has 5 rings (SSSR count). The molecule has 28 heavy (non-hydrogen) atoms. The van der Waals surface area contributed by atoms with E-state index in [0.717, 1.165) is 57.5 Å². The molecule has 148 valence electrons. The Kier molecular flexibility index (Phi) is 4.89. The molecule has 1 atom stereocenters. The van der Waals surface area contributed by atoms with Crippen LogP contribution in [0, 0.1) is 0 Å². The number of para-hydroxylation sites is 1. The van der Waals surface area contributed by atoms with Gasteiger partial charge in [0.25, 0.3) is 0 Å². The van der Waals surface area contributed by atoms with E-state index < -0.39 is 0 Å². The van der Waals surface area contributed by atoms with Gasteiger partial charge in [0.2, 0.25) is 5.91 Å². The van der Waals surface area contributed by atoms with E-state index in [-0.39, 0.29) is 17.4 Å². The largest absolute Gasteiger partial charge is 0.487 e. The maximum atomic E-state index is 12.5. The number of carbonyl (C=O) groups excluding carboxylic acids is 1. The zero-order chi connectivity index (χ0) is 19.0. The smallest absolute Gasteiger partial charge is 0.220 e. The van der Waals surface area contributed by atoms with E-state index in [1.165, 1.54) is 11.1 Å². The van der Waals surface area contributed by atoms with Crippen LogP contribution in [0.4, 0.5) is 0 Å². The van der Waals surface area contributed by atoms with E-state index >= 15 is 0 Å². The first-order valence-electron chi connectivity index (χ1n) is 10.5. The fraction of sp³-hybridized carbons (Fsp3) is 0.522. The zero-order valence-corrected chi connectivity index (χ0v) is 17.0. The minimum atomic E-state index is -0.121. The summed E-state index contributed by atoms with van der Waals surface area (Å²) in [6, 6.07) is 11.0. The lowest BCUT2D eigenvalue weighted by Gasteiger charge is -2.47. The summed E-state index contributed by atoms with van der Waals surface area (Å²) in [5, 5.41) is 7.56. The Morgan fingerprint density at radius 2 is 2.04 bits per heavy atom. The van der Waals surface area contributed by atoms with E-state index in [1.54, 1.807) is 11.3 Å². The number of carbonyl (C=O) groups is 1. The zero-order valence-electron chi connectivity index (χ0n) is 16.2. The molecule has 3 aliphatic rings. The van der Waals surface area contributed by atoms with Crippen molar-refractivity contribution in [1.82, 2.24) is 10.2 Å². The molecule has 2 aliphatic heterocycles. The molecule has 0 bridgehead atoms. The van der Waals surface area contributed by atoms with E-state index in [2.05, 4.69) is 45.2 Å². The third-order valence-electron chi connectivity index (χ3n) is 6.43. The van der Waals surface area contributed by atoms with E-state index in [9.17, 15) is 4.79 Å². The van der Waals surface area contributed by atoms with Crippen molar-refractivity contribution in [3.8, 4) is 5.75 Å². The molecular formula is C23H28N2O2S. The Morgan fingerprint density at radius 1 is 1.21 bits per heavy atom. The van der Waals surface area contributed by atoms with Crippen LogP contribution in [-0.4, -0.2) is 35.5 Å². The van der Waals surface area contributed by atoms with Crippen LogP contribution in [0.2, 0.25) is 0 Å². The van der Waals surface area contributed by atoms with Gasteiger partial charge in [0.1, 0.15) is 11.4 Å². The van der Waals surface area contributed by atoms with Crippen molar-refractivity contribution < 1.29 is 9.53 Å². The van der Waals surface area contributed by atoms with E-state index in [1.807, 2.05) is 6.07 Å². The summed E-state index contributed by atoms with van der Waals surface area (Å²) in [7, 11) is 0. The molecule has 2 aromatic rings. The number of piperidine rings is 1. The van der Waals surface area contributed by atoms with Crippen LogP contribution in [0.3, 0.4) is 0 Å². The van der Waals surface area contributed by atoms with Crippen molar-refractivity contribution in [2.24, 2.45) is 0 Å². The van der Waals surface area contributed by atoms with Crippen molar-refractivity contribution in [3.63, 3.8) is 0 Å². The Labute approximate surface area is 170 Å². The molecule has 1 aromatic heterocycles. The molecule has 0 radical (unpaired) electrons. The van der Waals surface area contributed by atoms with Gasteiger partial charge >= 0.3 is 0 Å². The van der Waals surface area contributed by atoms with Crippen LogP contribution in [0.15, 0.2) is 41.1 Å². The lowest BCUT2D eigenvalue weighted by molar-refractivity contribution is -0.122. The molecule has 5 heteroatoms. The number of nitrogens with one attached hydrogen (secondary N) is 1. The predicted molar refractivity (Wildman–Crippen MR) is 112 cm³/mol. The number of fused-ring (bicyclic) bond motifs is 1. The highest BCUT2D eigenvalue weighted by Crippen LogP contribution is 2.46. The number of nitrogens with zero attached hydrogens (tertiary/aromatic N) is 1. The molecule has 1 aromatic carbocycles. The van der Waals surface area contributed by atoms with Gasteiger partial charge in [-0.2, -0.15) is 11.3 Å². The average Bonchev–Trinajstić information content (AvgIpc) is 3.35. The molecule has 1 aliphatic carbocycles. The second kappa shape index (κ2) is 7.53. The highest BCUT2D eigenvalue weighted by atomic mass is 32.1. The second-order valence-corrected chi connectivity index (χ2v) is 9.46. The number of benzene rings is 1. The Bertz CT molecular complexity index is 823. The van der Waals surface area contributed by atoms with E-state index in [0.29, 0.717) is 12.5 Å². The molecule has 1 amide bonds. The summed E-state index contributed by atoms with van der Waals surface area (Å²) in [6.07, 6.45) is 5.88. The summed E-state index contributed by atoms with van der Waals surface area (Å²) < 4.78 is 6.59. The van der Waals surface area contributed by atoms with Gasteiger partial charge in [-0.05, 0) is 66.1 Å². The monoisotopic (exact) mass is 396 g/mol. The fourth-order valence-electron chi connectivity index (χ4n) is 4.73. The van der Waals surface area contributed by atoms with Crippen LogP contribution < -0.4 is 10.1 Å². The summed E-state index contributed by atoms with van der Waals surface area (Å²) in [5.41, 5.74) is 2.49. The van der Waals surface area contributed by atoms with Gasteiger partial charge in [0, 0.05) is 38.0 Å². The van der Waals surface area contributed by atoms with Gasteiger partial charge in [-0.1, -0.05) is 18.2 Å². The second-order valence-electron chi connectivity index (χ2n) is 8.68. The third-order valence-corrected chi connectivity index (χ3v) is 7.16. The normalized spacial score (nSPS) is 23.8. The number of rotatable bonds is 5. The minimum Gasteiger partial charge on any atom is -0.487 e. The number of amides is 1. The minimum absolute atomic E-state index is 0.121. The lowest BCUT2D eigenvalue weighted by Crippen LogP contribution is -2.50. The maximum absolute atomic E-state index is 12.5. The topological polar surface area (TPSA) is 41.6 Å². The van der Waals surface area contributed by atoms with Gasteiger partial charge in [0.15, 0.2) is 0 Å². The predicted octanol–water partition coefficient (Wildman–Crippen LogP) is 4.32. The van der Waals surface area contributed by atoms with Gasteiger partial charge < -0.3 is 10.1 Å². The van der Waals surface area contributed by atoms with Gasteiger partial charge in [-0.15, -0.1) is 0 Å². The first-order chi connectivity index (χ1) is 13.7. The third kappa shape index (κ3) is 3.96. The molecule has 3 heterocycles. The van der Waals surface area contributed by atoms with Crippen LogP contribution in [0.1, 0.15) is 55.6 Å². The average molecular weight is 397 g/mol. The van der Waals surface area contributed by atoms with Gasteiger partial charge in [-0.3, -0.25) is 9.69 Å². The SMILES string of the molecule is O=C(C[C@H]1CC2(CCN(Cc3ccsc3)CC2)Oc2ccccc21)NC1CC1. The quantitative estimate of drug-likeness (QED) is 0.818. The standard InChI is InChI=1S/C23H28N2O2S/c26-22(24-19-5-6-19)13-18-14-23(27-21-4-2-1-3-20(18)21)8-10-25(11-9-23)15-17-7-12-28-16-17/h1-4,7,12,16,18-19H,5-6,8-11,13-15H2,(H,24,26)/t18-/m0/s1. The summed E-state index contributed by atoms with van der Waals surface area (Å²) >= 11 is 1.77. The van der Waals surface area contributed by atoms with E-state index in [4.69, 9.17) is 4.74 Å². The molecule has 1 saturated heterocycles. The molecule has 1 saturated carbocycles. The van der Waals surface area contributed by atoms with Gasteiger partial charge in [-0.25, -0.2) is 0 Å². The first kappa shape index (κ1) is 18.2. The molecule has 1 spiro atoms.